The Balaban J connectivity index is 1.67. The number of fused-ring (bicyclic) bond motifs is 1. The highest BCUT2D eigenvalue weighted by Crippen LogP contribution is 2.28. The lowest BCUT2D eigenvalue weighted by molar-refractivity contribution is -0.113. The van der Waals surface area contributed by atoms with Gasteiger partial charge in [-0.3, -0.25) is 4.79 Å². The van der Waals surface area contributed by atoms with Crippen molar-refractivity contribution in [3.63, 3.8) is 0 Å². The van der Waals surface area contributed by atoms with Gasteiger partial charge in [0.15, 0.2) is 5.16 Å². The van der Waals surface area contributed by atoms with E-state index >= 15 is 0 Å². The van der Waals surface area contributed by atoms with Crippen LogP contribution in [0.2, 0.25) is 5.02 Å². The molecule has 1 amide bonds. The molecule has 0 aliphatic carbocycles. The summed E-state index contributed by atoms with van der Waals surface area (Å²) in [6.45, 7) is 2.89. The first-order valence-corrected chi connectivity index (χ1v) is 9.70. The predicted octanol–water partition coefficient (Wildman–Crippen LogP) is 4.51. The highest BCUT2D eigenvalue weighted by atomic mass is 35.5. The Morgan fingerprint density at radius 1 is 1.27 bits per heavy atom. The van der Waals surface area contributed by atoms with Gasteiger partial charge in [0.05, 0.1) is 27.5 Å². The monoisotopic (exact) mass is 388 g/mol. The third-order valence-electron chi connectivity index (χ3n) is 3.98. The average Bonchev–Trinajstić information content (AvgIpc) is 2.97. The number of imidazole rings is 1. The number of hydrogen-bond acceptors (Lipinski definition) is 4. The molecule has 1 aromatic heterocycles. The molecule has 26 heavy (non-hydrogen) atoms. The maximum Gasteiger partial charge on any atom is 0.234 e. The number of nitrogens with zero attached hydrogens (tertiary/aromatic N) is 3. The number of aryl methyl sites for hydroxylation is 1. The summed E-state index contributed by atoms with van der Waals surface area (Å²) in [5, 5.41) is 4.35. The van der Waals surface area contributed by atoms with Crippen LogP contribution in [0.15, 0.2) is 47.6 Å². The number of carbonyl (C=O) groups excluding carboxylic acids is 1. The van der Waals surface area contributed by atoms with Crippen molar-refractivity contribution in [3.8, 4) is 0 Å². The smallest absolute Gasteiger partial charge is 0.234 e. The van der Waals surface area contributed by atoms with Crippen molar-refractivity contribution in [2.45, 2.75) is 18.6 Å². The SMILES string of the molecule is CCn1c(SCC(=O)Nc2ccc(N(C)C)c(Cl)c2)nc2ccccc21. The van der Waals surface area contributed by atoms with E-state index in [0.717, 1.165) is 28.4 Å². The molecule has 0 aliphatic rings. The average molecular weight is 389 g/mol. The minimum atomic E-state index is -0.0848. The molecule has 0 unspecified atom stereocenters. The van der Waals surface area contributed by atoms with E-state index in [-0.39, 0.29) is 11.7 Å². The molecule has 0 saturated heterocycles. The quantitative estimate of drug-likeness (QED) is 0.631. The first-order valence-electron chi connectivity index (χ1n) is 8.34. The summed E-state index contributed by atoms with van der Waals surface area (Å²) in [4.78, 5) is 18.9. The lowest BCUT2D eigenvalue weighted by Gasteiger charge is -2.15. The fraction of sp³-hybridized carbons (Fsp3) is 0.263. The van der Waals surface area contributed by atoms with Crippen molar-refractivity contribution in [2.24, 2.45) is 0 Å². The number of amides is 1. The molecule has 1 N–H and O–H groups in total. The summed E-state index contributed by atoms with van der Waals surface area (Å²) in [5.41, 5.74) is 3.64. The van der Waals surface area contributed by atoms with E-state index < -0.39 is 0 Å². The van der Waals surface area contributed by atoms with Gasteiger partial charge in [0.25, 0.3) is 0 Å². The number of anilines is 2. The number of aromatic nitrogens is 2. The lowest BCUT2D eigenvalue weighted by Crippen LogP contribution is -2.15. The zero-order chi connectivity index (χ0) is 18.7. The molecule has 3 rings (SSSR count). The van der Waals surface area contributed by atoms with Gasteiger partial charge in [-0.1, -0.05) is 35.5 Å². The van der Waals surface area contributed by atoms with Crippen LogP contribution in [0.5, 0.6) is 0 Å². The van der Waals surface area contributed by atoms with E-state index in [2.05, 4.69) is 21.8 Å². The Morgan fingerprint density at radius 2 is 2.04 bits per heavy atom. The molecule has 0 saturated carbocycles. The molecule has 136 valence electrons. The van der Waals surface area contributed by atoms with E-state index in [0.29, 0.717) is 10.7 Å². The van der Waals surface area contributed by atoms with Crippen molar-refractivity contribution in [1.29, 1.82) is 0 Å². The number of hydrogen-bond donors (Lipinski definition) is 1. The van der Waals surface area contributed by atoms with Gasteiger partial charge < -0.3 is 14.8 Å². The number of carbonyl (C=O) groups is 1. The zero-order valence-electron chi connectivity index (χ0n) is 15.0. The second kappa shape index (κ2) is 8.01. The second-order valence-corrected chi connectivity index (χ2v) is 7.37. The van der Waals surface area contributed by atoms with Gasteiger partial charge >= 0.3 is 0 Å². The van der Waals surface area contributed by atoms with Crippen molar-refractivity contribution in [1.82, 2.24) is 9.55 Å². The Morgan fingerprint density at radius 3 is 2.73 bits per heavy atom. The maximum atomic E-state index is 12.3. The predicted molar refractivity (Wildman–Crippen MR) is 111 cm³/mol. The fourth-order valence-corrected chi connectivity index (χ4v) is 3.97. The molecule has 0 radical (unpaired) electrons. The number of thioether (sulfide) groups is 1. The molecule has 7 heteroatoms. The third-order valence-corrected chi connectivity index (χ3v) is 5.26. The Hall–Kier alpha value is -2.18. The first kappa shape index (κ1) is 18.6. The normalized spacial score (nSPS) is 10.9. The number of benzene rings is 2. The summed E-state index contributed by atoms with van der Waals surface area (Å²) < 4.78 is 2.12. The van der Waals surface area contributed by atoms with Crippen LogP contribution in [0.25, 0.3) is 11.0 Å². The van der Waals surface area contributed by atoms with Crippen molar-refractivity contribution >= 4 is 51.7 Å². The number of para-hydroxylation sites is 2. The molecule has 3 aromatic rings. The van der Waals surface area contributed by atoms with Crippen LogP contribution < -0.4 is 10.2 Å². The van der Waals surface area contributed by atoms with Crippen LogP contribution in [0.4, 0.5) is 11.4 Å². The first-order chi connectivity index (χ1) is 12.5. The molecule has 0 aliphatic heterocycles. The van der Waals surface area contributed by atoms with Crippen LogP contribution in [-0.2, 0) is 11.3 Å². The van der Waals surface area contributed by atoms with Gasteiger partial charge in [-0.05, 0) is 37.3 Å². The van der Waals surface area contributed by atoms with Crippen LogP contribution in [0.1, 0.15) is 6.92 Å². The lowest BCUT2D eigenvalue weighted by atomic mass is 10.2. The molecule has 1 heterocycles. The Kier molecular flexibility index (Phi) is 5.74. The van der Waals surface area contributed by atoms with E-state index in [1.165, 1.54) is 11.8 Å². The molecule has 0 bridgehead atoms. The minimum Gasteiger partial charge on any atom is -0.376 e. The van der Waals surface area contributed by atoms with E-state index in [1.54, 1.807) is 6.07 Å². The van der Waals surface area contributed by atoms with Gasteiger partial charge in [-0.25, -0.2) is 4.98 Å². The van der Waals surface area contributed by atoms with Crippen molar-refractivity contribution in [3.05, 3.63) is 47.5 Å². The summed E-state index contributed by atoms with van der Waals surface area (Å²) in [6, 6.07) is 13.5. The summed E-state index contributed by atoms with van der Waals surface area (Å²) in [5.74, 6) is 0.203. The van der Waals surface area contributed by atoms with Crippen molar-refractivity contribution in [2.75, 3.05) is 30.1 Å². The highest BCUT2D eigenvalue weighted by molar-refractivity contribution is 7.99. The largest absolute Gasteiger partial charge is 0.376 e. The molecule has 0 fully saturated rings. The van der Waals surface area contributed by atoms with E-state index in [1.807, 2.05) is 55.4 Å². The third kappa shape index (κ3) is 3.97. The standard InChI is InChI=1S/C19H21ClN4OS/c1-4-24-17-8-6-5-7-15(17)22-19(24)26-12-18(25)21-13-9-10-16(23(2)3)14(20)11-13/h5-11H,4,12H2,1-3H3,(H,21,25). The van der Waals surface area contributed by atoms with Crippen molar-refractivity contribution < 1.29 is 4.79 Å². The van der Waals surface area contributed by atoms with E-state index in [9.17, 15) is 4.79 Å². The van der Waals surface area contributed by atoms with E-state index in [4.69, 9.17) is 11.6 Å². The zero-order valence-corrected chi connectivity index (χ0v) is 16.6. The molecular weight excluding hydrogens is 368 g/mol. The molecule has 0 spiro atoms. The Bertz CT molecular complexity index is 938. The van der Waals surface area contributed by atoms with Crippen LogP contribution in [0, 0.1) is 0 Å². The summed E-state index contributed by atoms with van der Waals surface area (Å²) in [6.07, 6.45) is 0. The van der Waals surface area contributed by atoms with Crippen LogP contribution in [-0.4, -0.2) is 35.3 Å². The van der Waals surface area contributed by atoms with Crippen LogP contribution >= 0.6 is 23.4 Å². The van der Waals surface area contributed by atoms with Crippen LogP contribution in [0.3, 0.4) is 0 Å². The van der Waals surface area contributed by atoms with Gasteiger partial charge in [0.2, 0.25) is 5.91 Å². The summed E-state index contributed by atoms with van der Waals surface area (Å²) >= 11 is 7.69. The minimum absolute atomic E-state index is 0.0848. The number of rotatable bonds is 6. The molecule has 2 aromatic carbocycles. The fourth-order valence-electron chi connectivity index (χ4n) is 2.74. The topological polar surface area (TPSA) is 50.2 Å². The second-order valence-electron chi connectivity index (χ2n) is 6.02. The Labute approximate surface area is 162 Å². The molecule has 5 nitrogen and oxygen atoms in total. The number of nitrogens with one attached hydrogen (secondary N) is 1. The van der Waals surface area contributed by atoms with Gasteiger partial charge in [0.1, 0.15) is 0 Å². The molecule has 0 atom stereocenters. The maximum absolute atomic E-state index is 12.3. The van der Waals surface area contributed by atoms with Gasteiger partial charge in [-0.2, -0.15) is 0 Å². The van der Waals surface area contributed by atoms with Gasteiger partial charge in [0, 0.05) is 26.3 Å². The molecular formula is C19H21ClN4OS. The van der Waals surface area contributed by atoms with Gasteiger partial charge in [-0.15, -0.1) is 0 Å². The highest BCUT2D eigenvalue weighted by Gasteiger charge is 2.12. The summed E-state index contributed by atoms with van der Waals surface area (Å²) in [7, 11) is 3.85. The number of halogens is 1.